The largest absolute Gasteiger partial charge is 0.325 e. The average Bonchev–Trinajstić information content (AvgIpc) is 2.87. The zero-order valence-corrected chi connectivity index (χ0v) is 9.11. The van der Waals surface area contributed by atoms with Crippen molar-refractivity contribution in [2.24, 2.45) is 5.73 Å². The molecule has 0 aliphatic heterocycles. The van der Waals surface area contributed by atoms with Gasteiger partial charge in [0.2, 0.25) is 0 Å². The van der Waals surface area contributed by atoms with Gasteiger partial charge in [0.25, 0.3) is 0 Å². The van der Waals surface area contributed by atoms with Gasteiger partial charge >= 0.3 is 0 Å². The molecule has 0 spiro atoms. The molecule has 0 aliphatic carbocycles. The minimum atomic E-state index is 0.392. The first-order valence-corrected chi connectivity index (χ1v) is 5.34. The van der Waals surface area contributed by atoms with Crippen LogP contribution in [-0.2, 0) is 6.54 Å². The van der Waals surface area contributed by atoms with E-state index in [1.807, 2.05) is 36.5 Å². The lowest BCUT2D eigenvalue weighted by atomic mass is 10.2. The van der Waals surface area contributed by atoms with Crippen molar-refractivity contribution < 1.29 is 0 Å². The summed E-state index contributed by atoms with van der Waals surface area (Å²) < 4.78 is 1.73. The molecule has 3 aromatic rings. The van der Waals surface area contributed by atoms with Crippen molar-refractivity contribution in [1.29, 1.82) is 0 Å². The van der Waals surface area contributed by atoms with Crippen LogP contribution in [0.5, 0.6) is 0 Å². The van der Waals surface area contributed by atoms with E-state index in [0.29, 0.717) is 6.54 Å². The molecule has 0 saturated carbocycles. The monoisotopic (exact) mass is 225 g/mol. The maximum absolute atomic E-state index is 5.53. The van der Waals surface area contributed by atoms with E-state index in [-0.39, 0.29) is 0 Å². The Morgan fingerprint density at radius 1 is 1.18 bits per heavy atom. The maximum atomic E-state index is 5.53. The lowest BCUT2D eigenvalue weighted by molar-refractivity contribution is 0.801. The van der Waals surface area contributed by atoms with E-state index in [1.165, 1.54) is 0 Å². The number of nitrogens with zero attached hydrogens (tertiary/aromatic N) is 4. The van der Waals surface area contributed by atoms with Gasteiger partial charge in [0.15, 0.2) is 0 Å². The van der Waals surface area contributed by atoms with E-state index in [2.05, 4.69) is 15.3 Å². The number of nitrogens with two attached hydrogens (primary N) is 1. The fourth-order valence-electron chi connectivity index (χ4n) is 1.80. The van der Waals surface area contributed by atoms with Gasteiger partial charge in [-0.25, -0.2) is 4.68 Å². The van der Waals surface area contributed by atoms with Crippen LogP contribution in [0.25, 0.3) is 16.6 Å². The van der Waals surface area contributed by atoms with E-state index in [0.717, 1.165) is 22.3 Å². The van der Waals surface area contributed by atoms with Gasteiger partial charge in [0, 0.05) is 18.1 Å². The first-order valence-electron chi connectivity index (χ1n) is 5.34. The predicted molar refractivity (Wildman–Crippen MR) is 64.6 cm³/mol. The van der Waals surface area contributed by atoms with Gasteiger partial charge in [0.1, 0.15) is 0 Å². The SMILES string of the molecule is NCc1cn(-c2cccc3ncccc23)nn1. The Kier molecular flexibility index (Phi) is 2.31. The summed E-state index contributed by atoms with van der Waals surface area (Å²) in [4.78, 5) is 4.31. The van der Waals surface area contributed by atoms with Gasteiger partial charge in [-0.3, -0.25) is 4.98 Å². The third-order valence-corrected chi connectivity index (χ3v) is 2.62. The smallest absolute Gasteiger partial charge is 0.0967 e. The molecule has 0 fully saturated rings. The fourth-order valence-corrected chi connectivity index (χ4v) is 1.80. The lowest BCUT2D eigenvalue weighted by Gasteiger charge is -2.04. The Labute approximate surface area is 97.9 Å². The molecule has 17 heavy (non-hydrogen) atoms. The van der Waals surface area contributed by atoms with Gasteiger partial charge in [-0.2, -0.15) is 0 Å². The molecule has 5 heteroatoms. The highest BCUT2D eigenvalue weighted by molar-refractivity contribution is 5.86. The molecule has 0 radical (unpaired) electrons. The van der Waals surface area contributed by atoms with Crippen LogP contribution < -0.4 is 5.73 Å². The Morgan fingerprint density at radius 3 is 2.94 bits per heavy atom. The molecule has 0 atom stereocenters. The highest BCUT2D eigenvalue weighted by atomic mass is 15.4. The second-order valence-corrected chi connectivity index (χ2v) is 3.71. The molecular weight excluding hydrogens is 214 g/mol. The number of aromatic nitrogens is 4. The van der Waals surface area contributed by atoms with E-state index in [1.54, 1.807) is 10.9 Å². The van der Waals surface area contributed by atoms with E-state index in [9.17, 15) is 0 Å². The summed E-state index contributed by atoms with van der Waals surface area (Å²) in [5.74, 6) is 0. The Balaban J connectivity index is 2.23. The molecule has 5 nitrogen and oxygen atoms in total. The maximum Gasteiger partial charge on any atom is 0.0967 e. The molecule has 0 bridgehead atoms. The lowest BCUT2D eigenvalue weighted by Crippen LogP contribution is -1.97. The molecule has 84 valence electrons. The molecule has 2 N–H and O–H groups in total. The van der Waals surface area contributed by atoms with E-state index >= 15 is 0 Å². The Bertz CT molecular complexity index is 653. The molecule has 1 aromatic carbocycles. The minimum Gasteiger partial charge on any atom is -0.325 e. The van der Waals surface area contributed by atoms with Gasteiger partial charge < -0.3 is 5.73 Å². The highest BCUT2D eigenvalue weighted by Crippen LogP contribution is 2.19. The molecule has 0 amide bonds. The number of benzene rings is 1. The zero-order chi connectivity index (χ0) is 11.7. The van der Waals surface area contributed by atoms with E-state index < -0.39 is 0 Å². The van der Waals surface area contributed by atoms with Crippen LogP contribution in [0.1, 0.15) is 5.69 Å². The fraction of sp³-hybridized carbons (Fsp3) is 0.0833. The second kappa shape index (κ2) is 3.95. The van der Waals surface area contributed by atoms with Gasteiger partial charge in [0.05, 0.1) is 23.1 Å². The molecule has 2 heterocycles. The normalized spacial score (nSPS) is 10.9. The quantitative estimate of drug-likeness (QED) is 0.713. The van der Waals surface area contributed by atoms with Crippen LogP contribution >= 0.6 is 0 Å². The number of hydrogen-bond acceptors (Lipinski definition) is 4. The summed E-state index contributed by atoms with van der Waals surface area (Å²) >= 11 is 0. The van der Waals surface area contributed by atoms with Crippen molar-refractivity contribution in [2.45, 2.75) is 6.54 Å². The van der Waals surface area contributed by atoms with Crippen molar-refractivity contribution in [3.05, 3.63) is 48.4 Å². The summed E-state index contributed by atoms with van der Waals surface area (Å²) in [5, 5.41) is 9.10. The van der Waals surface area contributed by atoms with Crippen molar-refractivity contribution in [3.63, 3.8) is 0 Å². The highest BCUT2D eigenvalue weighted by Gasteiger charge is 2.05. The van der Waals surface area contributed by atoms with Crippen molar-refractivity contribution in [3.8, 4) is 5.69 Å². The number of fused-ring (bicyclic) bond motifs is 1. The molecular formula is C12H11N5. The second-order valence-electron chi connectivity index (χ2n) is 3.71. The predicted octanol–water partition coefficient (Wildman–Crippen LogP) is 1.27. The molecule has 3 rings (SSSR count). The minimum absolute atomic E-state index is 0.392. The average molecular weight is 225 g/mol. The van der Waals surface area contributed by atoms with E-state index in [4.69, 9.17) is 5.73 Å². The number of hydrogen-bond donors (Lipinski definition) is 1. The number of rotatable bonds is 2. The van der Waals surface area contributed by atoms with Crippen LogP contribution in [0.3, 0.4) is 0 Å². The standard InChI is InChI=1S/C12H11N5/c13-7-9-8-17(16-15-9)12-5-1-4-11-10(12)3-2-6-14-11/h1-6,8H,7,13H2. The van der Waals surface area contributed by atoms with Gasteiger partial charge in [-0.15, -0.1) is 5.10 Å². The van der Waals surface area contributed by atoms with Crippen LogP contribution in [-0.4, -0.2) is 20.0 Å². The topological polar surface area (TPSA) is 69.6 Å². The van der Waals surface area contributed by atoms with Crippen LogP contribution in [0, 0.1) is 0 Å². The van der Waals surface area contributed by atoms with Gasteiger partial charge in [-0.1, -0.05) is 11.3 Å². The summed E-state index contributed by atoms with van der Waals surface area (Å²) in [6.07, 6.45) is 3.61. The van der Waals surface area contributed by atoms with Crippen LogP contribution in [0.15, 0.2) is 42.7 Å². The summed E-state index contributed by atoms with van der Waals surface area (Å²) in [5.41, 5.74) is 8.20. The van der Waals surface area contributed by atoms with Crippen molar-refractivity contribution >= 4 is 10.9 Å². The third-order valence-electron chi connectivity index (χ3n) is 2.62. The molecule has 2 aromatic heterocycles. The first-order chi connectivity index (χ1) is 8.38. The third kappa shape index (κ3) is 1.66. The van der Waals surface area contributed by atoms with Crippen LogP contribution in [0.4, 0.5) is 0 Å². The molecule has 0 saturated heterocycles. The first kappa shape index (κ1) is 9.92. The van der Waals surface area contributed by atoms with Gasteiger partial charge in [-0.05, 0) is 24.3 Å². The molecule has 0 unspecified atom stereocenters. The molecule has 0 aliphatic rings. The summed E-state index contributed by atoms with van der Waals surface area (Å²) in [6.45, 7) is 0.392. The zero-order valence-electron chi connectivity index (χ0n) is 9.11. The Morgan fingerprint density at radius 2 is 2.12 bits per heavy atom. The Hall–Kier alpha value is -2.27. The van der Waals surface area contributed by atoms with Crippen molar-refractivity contribution in [1.82, 2.24) is 20.0 Å². The summed E-state index contributed by atoms with van der Waals surface area (Å²) in [6, 6.07) is 9.83. The van der Waals surface area contributed by atoms with Crippen LogP contribution in [0.2, 0.25) is 0 Å². The van der Waals surface area contributed by atoms with Crippen molar-refractivity contribution in [2.75, 3.05) is 0 Å². The summed E-state index contributed by atoms with van der Waals surface area (Å²) in [7, 11) is 0. The number of pyridine rings is 1.